The molecule has 4 heterocycles. The molecular weight excluding hydrogens is 410 g/mol. The molecular formula is C23H25N5O2S. The van der Waals surface area contributed by atoms with E-state index in [0.29, 0.717) is 25.3 Å². The van der Waals surface area contributed by atoms with Crippen LogP contribution < -0.4 is 4.90 Å². The number of hydrogen-bond acceptors (Lipinski definition) is 7. The van der Waals surface area contributed by atoms with Crippen LogP contribution in [0.4, 0.5) is 5.82 Å². The van der Waals surface area contributed by atoms with Gasteiger partial charge in [0.05, 0.1) is 12.3 Å². The summed E-state index contributed by atoms with van der Waals surface area (Å²) in [5.41, 5.74) is 1.54. The lowest BCUT2D eigenvalue weighted by Crippen LogP contribution is -2.54. The molecule has 3 aromatic rings. The van der Waals surface area contributed by atoms with Crippen LogP contribution in [0.3, 0.4) is 0 Å². The van der Waals surface area contributed by atoms with Gasteiger partial charge in [-0.2, -0.15) is 0 Å². The highest BCUT2D eigenvalue weighted by atomic mass is 32.1. The number of carbonyl (C=O) groups is 1. The summed E-state index contributed by atoms with van der Waals surface area (Å²) in [5, 5.41) is 13.3. The summed E-state index contributed by atoms with van der Waals surface area (Å²) in [6.45, 7) is 2.76. The minimum atomic E-state index is -0.398. The standard InChI is InChI=1S/C23H25N5O2S/c29-18-12-23(16-28(14-18)20-13-24-8-9-25-20)6-10-27(11-7-23)22(30)19-15-31-21(26-19)17-4-2-1-3-5-17/h1-5,8-9,13,15,18,29H,6-7,10-12,14,16H2. The van der Waals surface area contributed by atoms with Gasteiger partial charge in [0, 0.05) is 49.5 Å². The number of likely N-dealkylation sites (tertiary alicyclic amines) is 1. The highest BCUT2D eigenvalue weighted by Gasteiger charge is 2.43. The van der Waals surface area contributed by atoms with Crippen LogP contribution in [0.2, 0.25) is 0 Å². The molecule has 0 bridgehead atoms. The van der Waals surface area contributed by atoms with Gasteiger partial charge in [-0.05, 0) is 24.7 Å². The molecule has 2 aromatic heterocycles. The summed E-state index contributed by atoms with van der Waals surface area (Å²) in [7, 11) is 0. The molecule has 1 atom stereocenters. The zero-order chi connectivity index (χ0) is 21.3. The number of nitrogens with zero attached hydrogens (tertiary/aromatic N) is 5. The first-order valence-corrected chi connectivity index (χ1v) is 11.5. The molecule has 2 aliphatic rings. The third-order valence-corrected chi connectivity index (χ3v) is 7.25. The van der Waals surface area contributed by atoms with Crippen LogP contribution in [-0.2, 0) is 0 Å². The van der Waals surface area contributed by atoms with E-state index in [2.05, 4.69) is 19.9 Å². The van der Waals surface area contributed by atoms with Gasteiger partial charge in [0.1, 0.15) is 16.5 Å². The van der Waals surface area contributed by atoms with E-state index < -0.39 is 6.10 Å². The molecule has 0 radical (unpaired) electrons. The molecule has 0 saturated carbocycles. The first kappa shape index (κ1) is 20.1. The Morgan fingerprint density at radius 2 is 1.97 bits per heavy atom. The minimum Gasteiger partial charge on any atom is -0.391 e. The molecule has 7 nitrogen and oxygen atoms in total. The molecule has 1 aromatic carbocycles. The number of carbonyl (C=O) groups excluding carboxylic acids is 1. The van der Waals surface area contributed by atoms with Crippen molar-refractivity contribution in [2.45, 2.75) is 25.4 Å². The Bertz CT molecular complexity index is 1030. The summed E-state index contributed by atoms with van der Waals surface area (Å²) >= 11 is 1.50. The Balaban J connectivity index is 1.26. The van der Waals surface area contributed by atoms with E-state index in [4.69, 9.17) is 0 Å². The third kappa shape index (κ3) is 4.18. The van der Waals surface area contributed by atoms with Gasteiger partial charge in [-0.1, -0.05) is 30.3 Å². The summed E-state index contributed by atoms with van der Waals surface area (Å²) < 4.78 is 0. The molecule has 1 unspecified atom stereocenters. The predicted molar refractivity (Wildman–Crippen MR) is 120 cm³/mol. The van der Waals surface area contributed by atoms with Gasteiger partial charge in [-0.25, -0.2) is 9.97 Å². The number of thiazole rings is 1. The smallest absolute Gasteiger partial charge is 0.273 e. The second kappa shape index (κ2) is 8.36. The van der Waals surface area contributed by atoms with Gasteiger partial charge >= 0.3 is 0 Å². The second-order valence-electron chi connectivity index (χ2n) is 8.50. The molecule has 1 amide bonds. The maximum absolute atomic E-state index is 13.1. The number of benzene rings is 1. The van der Waals surface area contributed by atoms with Crippen LogP contribution in [-0.4, -0.2) is 63.1 Å². The number of anilines is 1. The van der Waals surface area contributed by atoms with Gasteiger partial charge in [-0.3, -0.25) is 9.78 Å². The first-order valence-electron chi connectivity index (χ1n) is 10.6. The van der Waals surface area contributed by atoms with E-state index in [-0.39, 0.29) is 11.3 Å². The number of rotatable bonds is 3. The Labute approximate surface area is 185 Å². The molecule has 0 aliphatic carbocycles. The van der Waals surface area contributed by atoms with Gasteiger partial charge in [0.2, 0.25) is 0 Å². The molecule has 2 aliphatic heterocycles. The number of aliphatic hydroxyl groups excluding tert-OH is 1. The lowest BCUT2D eigenvalue weighted by molar-refractivity contribution is 0.0244. The molecule has 2 fully saturated rings. The number of aliphatic hydroxyl groups is 1. The fourth-order valence-corrected chi connectivity index (χ4v) is 5.58. The average Bonchev–Trinajstić information content (AvgIpc) is 3.30. The number of hydrogen-bond donors (Lipinski definition) is 1. The third-order valence-electron chi connectivity index (χ3n) is 6.35. The van der Waals surface area contributed by atoms with Gasteiger partial charge in [0.25, 0.3) is 5.91 Å². The van der Waals surface area contributed by atoms with E-state index in [1.807, 2.05) is 40.6 Å². The van der Waals surface area contributed by atoms with Gasteiger partial charge in [-0.15, -0.1) is 11.3 Å². The quantitative estimate of drug-likeness (QED) is 0.681. The zero-order valence-corrected chi connectivity index (χ0v) is 18.0. The molecule has 5 rings (SSSR count). The fraction of sp³-hybridized carbons (Fsp3) is 0.391. The molecule has 2 saturated heterocycles. The molecule has 160 valence electrons. The lowest BCUT2D eigenvalue weighted by Gasteiger charge is -2.49. The van der Waals surface area contributed by atoms with Crippen molar-refractivity contribution < 1.29 is 9.90 Å². The van der Waals surface area contributed by atoms with Crippen molar-refractivity contribution in [3.8, 4) is 10.6 Å². The van der Waals surface area contributed by atoms with E-state index in [1.54, 1.807) is 18.6 Å². The van der Waals surface area contributed by atoms with Crippen LogP contribution in [0, 0.1) is 5.41 Å². The van der Waals surface area contributed by atoms with E-state index in [1.165, 1.54) is 11.3 Å². The maximum Gasteiger partial charge on any atom is 0.273 e. The normalized spacial score (nSPS) is 20.7. The van der Waals surface area contributed by atoms with Crippen molar-refractivity contribution in [1.29, 1.82) is 0 Å². The predicted octanol–water partition coefficient (Wildman–Crippen LogP) is 3.09. The molecule has 1 N–H and O–H groups in total. The van der Waals surface area contributed by atoms with Crippen LogP contribution >= 0.6 is 11.3 Å². The SMILES string of the molecule is O=C(c1csc(-c2ccccc2)n1)N1CCC2(CC1)CC(O)CN(c1cnccn1)C2. The van der Waals surface area contributed by atoms with Crippen LogP contribution in [0.5, 0.6) is 0 Å². The number of aromatic nitrogens is 3. The van der Waals surface area contributed by atoms with Crippen molar-refractivity contribution in [2.24, 2.45) is 5.41 Å². The van der Waals surface area contributed by atoms with E-state index in [9.17, 15) is 9.90 Å². The minimum absolute atomic E-state index is 0.00424. The largest absolute Gasteiger partial charge is 0.391 e. The lowest BCUT2D eigenvalue weighted by atomic mass is 9.71. The van der Waals surface area contributed by atoms with E-state index in [0.717, 1.165) is 42.2 Å². The van der Waals surface area contributed by atoms with Crippen LogP contribution in [0.15, 0.2) is 54.3 Å². The second-order valence-corrected chi connectivity index (χ2v) is 9.36. The van der Waals surface area contributed by atoms with Crippen molar-refractivity contribution in [2.75, 3.05) is 31.1 Å². The summed E-state index contributed by atoms with van der Waals surface area (Å²) in [6, 6.07) is 9.95. The first-order chi connectivity index (χ1) is 15.1. The number of piperidine rings is 2. The van der Waals surface area contributed by atoms with Gasteiger partial charge < -0.3 is 14.9 Å². The van der Waals surface area contributed by atoms with Gasteiger partial charge in [0.15, 0.2) is 0 Å². The maximum atomic E-state index is 13.1. The average molecular weight is 436 g/mol. The molecule has 8 heteroatoms. The monoisotopic (exact) mass is 435 g/mol. The Kier molecular flexibility index (Phi) is 5.41. The van der Waals surface area contributed by atoms with E-state index >= 15 is 0 Å². The van der Waals surface area contributed by atoms with Crippen molar-refractivity contribution in [3.05, 3.63) is 60.0 Å². The van der Waals surface area contributed by atoms with Crippen molar-refractivity contribution >= 4 is 23.1 Å². The summed E-state index contributed by atoms with van der Waals surface area (Å²) in [4.78, 5) is 30.3. The number of β-amino-alcohol motifs (C(OH)–C–C–N with tert-alkyl or cyclic N) is 1. The van der Waals surface area contributed by atoms with Crippen LogP contribution in [0.1, 0.15) is 29.8 Å². The Morgan fingerprint density at radius 1 is 1.16 bits per heavy atom. The summed E-state index contributed by atoms with van der Waals surface area (Å²) in [6.07, 6.45) is 7.18. The highest BCUT2D eigenvalue weighted by molar-refractivity contribution is 7.13. The van der Waals surface area contributed by atoms with Crippen molar-refractivity contribution in [3.63, 3.8) is 0 Å². The Morgan fingerprint density at radius 3 is 2.71 bits per heavy atom. The zero-order valence-electron chi connectivity index (χ0n) is 17.2. The van der Waals surface area contributed by atoms with Crippen molar-refractivity contribution in [1.82, 2.24) is 19.9 Å². The number of amides is 1. The summed E-state index contributed by atoms with van der Waals surface area (Å²) in [5.74, 6) is 0.797. The highest BCUT2D eigenvalue weighted by Crippen LogP contribution is 2.41. The molecule has 31 heavy (non-hydrogen) atoms. The topological polar surface area (TPSA) is 82.5 Å². The van der Waals surface area contributed by atoms with Crippen LogP contribution in [0.25, 0.3) is 10.6 Å². The Hall–Kier alpha value is -2.84. The fourth-order valence-electron chi connectivity index (χ4n) is 4.78. The molecule has 1 spiro atoms.